The van der Waals surface area contributed by atoms with Gasteiger partial charge in [0.15, 0.2) is 0 Å². The number of hydrogen-bond acceptors (Lipinski definition) is 2. The molecule has 1 N–H and O–H groups in total. The zero-order valence-corrected chi connectivity index (χ0v) is 10.6. The van der Waals surface area contributed by atoms with Crippen LogP contribution in [0.1, 0.15) is 46.5 Å². The molecule has 0 rings (SSSR count). The van der Waals surface area contributed by atoms with Crippen LogP contribution in [0.2, 0.25) is 0 Å². The van der Waals surface area contributed by atoms with Crippen molar-refractivity contribution in [1.82, 2.24) is 5.32 Å². The fraction of sp³-hybridized carbons (Fsp3) is 0.846. The van der Waals surface area contributed by atoms with E-state index in [9.17, 15) is 0 Å². The number of hydrogen-bond donors (Lipinski definition) is 1. The highest BCUT2D eigenvalue weighted by Gasteiger charge is 2.15. The van der Waals surface area contributed by atoms with E-state index in [0.717, 1.165) is 19.6 Å². The lowest BCUT2D eigenvalue weighted by Gasteiger charge is -2.25. The van der Waals surface area contributed by atoms with Gasteiger partial charge in [-0.25, -0.2) is 0 Å². The molecule has 0 aliphatic carbocycles. The maximum atomic E-state index is 5.64. The fourth-order valence-electron chi connectivity index (χ4n) is 1.69. The standard InChI is InChI=1S/C13H27NO/c1-5-8-9-10-13(14-11-6-2)12(4)15-7-3/h5,12-14H,1,6-11H2,2-4H3. The Kier molecular flexibility index (Phi) is 9.96. The van der Waals surface area contributed by atoms with Crippen LogP contribution in [0.4, 0.5) is 0 Å². The summed E-state index contributed by atoms with van der Waals surface area (Å²) in [6.07, 6.45) is 6.95. The van der Waals surface area contributed by atoms with E-state index < -0.39 is 0 Å². The molecule has 2 unspecified atom stereocenters. The molecule has 0 fully saturated rings. The lowest BCUT2D eigenvalue weighted by molar-refractivity contribution is 0.0448. The molecule has 0 aromatic heterocycles. The van der Waals surface area contributed by atoms with Crippen LogP contribution in [-0.4, -0.2) is 25.3 Å². The lowest BCUT2D eigenvalue weighted by Crippen LogP contribution is -2.40. The number of nitrogens with one attached hydrogen (secondary N) is 1. The third kappa shape index (κ3) is 7.57. The van der Waals surface area contributed by atoms with Gasteiger partial charge in [-0.1, -0.05) is 13.0 Å². The van der Waals surface area contributed by atoms with Gasteiger partial charge in [0, 0.05) is 12.6 Å². The van der Waals surface area contributed by atoms with E-state index in [1.807, 2.05) is 6.08 Å². The first-order valence-corrected chi connectivity index (χ1v) is 6.22. The van der Waals surface area contributed by atoms with Crippen molar-refractivity contribution in [1.29, 1.82) is 0 Å². The Morgan fingerprint density at radius 3 is 2.67 bits per heavy atom. The molecule has 0 heterocycles. The van der Waals surface area contributed by atoms with Crippen LogP contribution in [0.15, 0.2) is 12.7 Å². The predicted octanol–water partition coefficient (Wildman–Crippen LogP) is 3.14. The molecule has 2 heteroatoms. The van der Waals surface area contributed by atoms with Gasteiger partial charge in [0.1, 0.15) is 0 Å². The summed E-state index contributed by atoms with van der Waals surface area (Å²) in [5.41, 5.74) is 0. The molecule has 0 aliphatic heterocycles. The second-order valence-corrected chi connectivity index (χ2v) is 3.94. The smallest absolute Gasteiger partial charge is 0.0699 e. The van der Waals surface area contributed by atoms with Crippen molar-refractivity contribution in [3.63, 3.8) is 0 Å². The molecule has 2 nitrogen and oxygen atoms in total. The molecule has 2 atom stereocenters. The quantitative estimate of drug-likeness (QED) is 0.444. The number of rotatable bonds is 10. The Bertz CT molecular complexity index is 147. The van der Waals surface area contributed by atoms with Gasteiger partial charge in [-0.2, -0.15) is 0 Å². The molecular weight excluding hydrogens is 186 g/mol. The van der Waals surface area contributed by atoms with Crippen molar-refractivity contribution in [2.75, 3.05) is 13.2 Å². The van der Waals surface area contributed by atoms with Gasteiger partial charge in [0.2, 0.25) is 0 Å². The Labute approximate surface area is 95.1 Å². The molecule has 0 saturated heterocycles. The van der Waals surface area contributed by atoms with Crippen LogP contribution in [-0.2, 0) is 4.74 Å². The highest BCUT2D eigenvalue weighted by molar-refractivity contribution is 4.76. The number of ether oxygens (including phenoxy) is 1. The summed E-state index contributed by atoms with van der Waals surface area (Å²) >= 11 is 0. The molecule has 0 amide bonds. The second-order valence-electron chi connectivity index (χ2n) is 3.94. The first-order valence-electron chi connectivity index (χ1n) is 6.22. The summed E-state index contributed by atoms with van der Waals surface area (Å²) in [5.74, 6) is 0. The Balaban J connectivity index is 3.86. The molecule has 0 saturated carbocycles. The van der Waals surface area contributed by atoms with E-state index in [4.69, 9.17) is 4.74 Å². The highest BCUT2D eigenvalue weighted by atomic mass is 16.5. The normalized spacial score (nSPS) is 14.9. The molecule has 90 valence electrons. The van der Waals surface area contributed by atoms with Gasteiger partial charge in [0.25, 0.3) is 0 Å². The van der Waals surface area contributed by atoms with E-state index in [1.54, 1.807) is 0 Å². The minimum absolute atomic E-state index is 0.311. The van der Waals surface area contributed by atoms with Crippen molar-refractivity contribution >= 4 is 0 Å². The van der Waals surface area contributed by atoms with Crippen LogP contribution >= 0.6 is 0 Å². The Morgan fingerprint density at radius 1 is 1.40 bits per heavy atom. The molecule has 0 aromatic carbocycles. The molecular formula is C13H27NO. The van der Waals surface area contributed by atoms with Gasteiger partial charge >= 0.3 is 0 Å². The average Bonchev–Trinajstić information content (AvgIpc) is 2.23. The third-order valence-electron chi connectivity index (χ3n) is 2.58. The fourth-order valence-corrected chi connectivity index (χ4v) is 1.69. The van der Waals surface area contributed by atoms with Crippen LogP contribution in [0.3, 0.4) is 0 Å². The van der Waals surface area contributed by atoms with Gasteiger partial charge in [-0.15, -0.1) is 6.58 Å². The largest absolute Gasteiger partial charge is 0.377 e. The summed E-state index contributed by atoms with van der Waals surface area (Å²) in [6, 6.07) is 0.491. The van der Waals surface area contributed by atoms with Gasteiger partial charge in [-0.05, 0) is 46.1 Å². The number of unbranched alkanes of at least 4 members (excludes halogenated alkanes) is 1. The molecule has 0 radical (unpaired) electrons. The van der Waals surface area contributed by atoms with Crippen LogP contribution < -0.4 is 5.32 Å². The minimum Gasteiger partial charge on any atom is -0.377 e. The lowest BCUT2D eigenvalue weighted by atomic mass is 10.0. The first-order chi connectivity index (χ1) is 7.26. The summed E-state index contributed by atoms with van der Waals surface area (Å²) < 4.78 is 5.64. The van der Waals surface area contributed by atoms with Crippen molar-refractivity contribution < 1.29 is 4.74 Å². The second kappa shape index (κ2) is 10.2. The van der Waals surface area contributed by atoms with E-state index in [-0.39, 0.29) is 0 Å². The average molecular weight is 213 g/mol. The Morgan fingerprint density at radius 2 is 2.13 bits per heavy atom. The van der Waals surface area contributed by atoms with E-state index >= 15 is 0 Å². The maximum absolute atomic E-state index is 5.64. The topological polar surface area (TPSA) is 21.3 Å². The van der Waals surface area contributed by atoms with E-state index in [2.05, 4.69) is 32.7 Å². The zero-order valence-electron chi connectivity index (χ0n) is 10.6. The molecule has 0 aromatic rings. The van der Waals surface area contributed by atoms with Crippen molar-refractivity contribution in [2.24, 2.45) is 0 Å². The van der Waals surface area contributed by atoms with Gasteiger partial charge in [-0.3, -0.25) is 0 Å². The number of allylic oxidation sites excluding steroid dienone is 1. The molecule has 0 aliphatic rings. The van der Waals surface area contributed by atoms with Crippen molar-refractivity contribution in [3.05, 3.63) is 12.7 Å². The predicted molar refractivity (Wildman–Crippen MR) is 67.2 cm³/mol. The SMILES string of the molecule is C=CCCCC(NCCC)C(C)OCC. The van der Waals surface area contributed by atoms with E-state index in [0.29, 0.717) is 12.1 Å². The summed E-state index contributed by atoms with van der Waals surface area (Å²) in [7, 11) is 0. The van der Waals surface area contributed by atoms with Crippen LogP contribution in [0, 0.1) is 0 Å². The van der Waals surface area contributed by atoms with E-state index in [1.165, 1.54) is 19.3 Å². The Hall–Kier alpha value is -0.340. The van der Waals surface area contributed by atoms with Crippen molar-refractivity contribution in [3.8, 4) is 0 Å². The highest BCUT2D eigenvalue weighted by Crippen LogP contribution is 2.08. The third-order valence-corrected chi connectivity index (χ3v) is 2.58. The first kappa shape index (κ1) is 14.7. The summed E-state index contributed by atoms with van der Waals surface area (Å²) in [5, 5.41) is 3.55. The summed E-state index contributed by atoms with van der Waals surface area (Å²) in [6.45, 7) is 12.0. The molecule has 0 spiro atoms. The summed E-state index contributed by atoms with van der Waals surface area (Å²) in [4.78, 5) is 0. The monoisotopic (exact) mass is 213 g/mol. The van der Waals surface area contributed by atoms with Crippen LogP contribution in [0.5, 0.6) is 0 Å². The molecule has 0 bridgehead atoms. The maximum Gasteiger partial charge on any atom is 0.0699 e. The molecule has 15 heavy (non-hydrogen) atoms. The van der Waals surface area contributed by atoms with Gasteiger partial charge < -0.3 is 10.1 Å². The zero-order chi connectivity index (χ0) is 11.5. The van der Waals surface area contributed by atoms with Gasteiger partial charge in [0.05, 0.1) is 6.10 Å². The minimum atomic E-state index is 0.311. The van der Waals surface area contributed by atoms with Crippen molar-refractivity contribution in [2.45, 2.75) is 58.6 Å². The van der Waals surface area contributed by atoms with Crippen LogP contribution in [0.25, 0.3) is 0 Å².